The maximum absolute atomic E-state index is 11.7. The lowest BCUT2D eigenvalue weighted by atomic mass is 10.1. The number of amides is 1. The summed E-state index contributed by atoms with van der Waals surface area (Å²) in [4.78, 5) is 14.1. The molecule has 0 saturated carbocycles. The fourth-order valence-corrected chi connectivity index (χ4v) is 2.45. The quantitative estimate of drug-likeness (QED) is 0.843. The third-order valence-electron chi connectivity index (χ3n) is 2.04. The molecular weight excluding hydrogens is 234 g/mol. The SMILES string of the molecule is Cc1cc(NC(=O)OC(C)(C)C)c(C(C)C)s1. The third kappa shape index (κ3) is 4.38. The second-order valence-corrected chi connectivity index (χ2v) is 6.70. The predicted molar refractivity (Wildman–Crippen MR) is 73.0 cm³/mol. The van der Waals surface area contributed by atoms with E-state index in [9.17, 15) is 4.79 Å². The van der Waals surface area contributed by atoms with Crippen LogP contribution in [0, 0.1) is 6.92 Å². The molecule has 3 nitrogen and oxygen atoms in total. The van der Waals surface area contributed by atoms with Gasteiger partial charge in [-0.05, 0) is 39.7 Å². The lowest BCUT2D eigenvalue weighted by Gasteiger charge is -2.20. The van der Waals surface area contributed by atoms with Gasteiger partial charge in [-0.2, -0.15) is 0 Å². The number of hydrogen-bond acceptors (Lipinski definition) is 3. The molecule has 0 radical (unpaired) electrons. The summed E-state index contributed by atoms with van der Waals surface area (Å²) in [5.41, 5.74) is 0.407. The van der Waals surface area contributed by atoms with E-state index in [0.29, 0.717) is 5.92 Å². The van der Waals surface area contributed by atoms with Crippen LogP contribution < -0.4 is 5.32 Å². The molecular formula is C13H21NO2S. The van der Waals surface area contributed by atoms with Gasteiger partial charge in [-0.3, -0.25) is 5.32 Å². The van der Waals surface area contributed by atoms with Gasteiger partial charge in [0.2, 0.25) is 0 Å². The van der Waals surface area contributed by atoms with Crippen molar-refractivity contribution in [3.63, 3.8) is 0 Å². The van der Waals surface area contributed by atoms with Crippen molar-refractivity contribution in [2.24, 2.45) is 0 Å². The molecule has 0 atom stereocenters. The molecule has 1 heterocycles. The molecule has 0 aromatic carbocycles. The summed E-state index contributed by atoms with van der Waals surface area (Å²) in [6.45, 7) is 11.8. The molecule has 0 unspecified atom stereocenters. The van der Waals surface area contributed by atoms with Crippen molar-refractivity contribution in [1.82, 2.24) is 0 Å². The highest BCUT2D eigenvalue weighted by atomic mass is 32.1. The monoisotopic (exact) mass is 255 g/mol. The van der Waals surface area contributed by atoms with Crippen molar-refractivity contribution in [3.05, 3.63) is 15.8 Å². The van der Waals surface area contributed by atoms with E-state index in [1.54, 1.807) is 11.3 Å². The summed E-state index contributed by atoms with van der Waals surface area (Å²) < 4.78 is 5.24. The standard InChI is InChI=1S/C13H21NO2S/c1-8(2)11-10(7-9(3)17-11)14-12(15)16-13(4,5)6/h7-8H,1-6H3,(H,14,15). The number of rotatable bonds is 2. The summed E-state index contributed by atoms with van der Waals surface area (Å²) in [6.07, 6.45) is -0.391. The van der Waals surface area contributed by atoms with Crippen LogP contribution in [0.25, 0.3) is 0 Å². The fourth-order valence-electron chi connectivity index (χ4n) is 1.47. The van der Waals surface area contributed by atoms with Crippen LogP contribution in [0.2, 0.25) is 0 Å². The van der Waals surface area contributed by atoms with Gasteiger partial charge in [-0.25, -0.2) is 4.79 Å². The maximum atomic E-state index is 11.7. The second kappa shape index (κ2) is 5.08. The summed E-state index contributed by atoms with van der Waals surface area (Å²) in [7, 11) is 0. The Balaban J connectivity index is 2.78. The zero-order valence-corrected chi connectivity index (χ0v) is 12.2. The van der Waals surface area contributed by atoms with Gasteiger partial charge >= 0.3 is 6.09 Å². The van der Waals surface area contributed by atoms with E-state index in [1.165, 1.54) is 9.75 Å². The van der Waals surface area contributed by atoms with Crippen molar-refractivity contribution in [2.45, 2.75) is 53.1 Å². The summed E-state index contributed by atoms with van der Waals surface area (Å²) in [5.74, 6) is 0.402. The van der Waals surface area contributed by atoms with E-state index >= 15 is 0 Å². The molecule has 1 rings (SSSR count). The number of ether oxygens (including phenoxy) is 1. The molecule has 1 N–H and O–H groups in total. The first-order valence-corrected chi connectivity index (χ1v) is 6.61. The Hall–Kier alpha value is -1.03. The first-order valence-electron chi connectivity index (χ1n) is 5.79. The highest BCUT2D eigenvalue weighted by molar-refractivity contribution is 7.12. The zero-order chi connectivity index (χ0) is 13.2. The van der Waals surface area contributed by atoms with Gasteiger partial charge in [0.05, 0.1) is 5.69 Å². The third-order valence-corrected chi connectivity index (χ3v) is 3.40. The normalized spacial score (nSPS) is 11.7. The van der Waals surface area contributed by atoms with Gasteiger partial charge in [-0.15, -0.1) is 11.3 Å². The zero-order valence-electron chi connectivity index (χ0n) is 11.4. The molecule has 0 aliphatic heterocycles. The molecule has 0 aliphatic carbocycles. The van der Waals surface area contributed by atoms with Crippen molar-refractivity contribution in [1.29, 1.82) is 0 Å². The van der Waals surface area contributed by atoms with Crippen LogP contribution in [0.15, 0.2) is 6.07 Å². The van der Waals surface area contributed by atoms with Gasteiger partial charge in [-0.1, -0.05) is 13.8 Å². The van der Waals surface area contributed by atoms with Crippen molar-refractivity contribution >= 4 is 23.1 Å². The van der Waals surface area contributed by atoms with E-state index in [1.807, 2.05) is 33.8 Å². The average molecular weight is 255 g/mol. The Labute approximate surface area is 107 Å². The molecule has 0 spiro atoms. The Morgan fingerprint density at radius 3 is 2.47 bits per heavy atom. The fraction of sp³-hybridized carbons (Fsp3) is 0.615. The lowest BCUT2D eigenvalue weighted by molar-refractivity contribution is 0.0636. The molecule has 1 aromatic heterocycles. The van der Waals surface area contributed by atoms with E-state index < -0.39 is 11.7 Å². The van der Waals surface area contributed by atoms with Gasteiger partial charge < -0.3 is 4.74 Å². The summed E-state index contributed by atoms with van der Waals surface area (Å²) in [6, 6.07) is 1.99. The van der Waals surface area contributed by atoms with Crippen LogP contribution in [0.4, 0.5) is 10.5 Å². The van der Waals surface area contributed by atoms with Gasteiger partial charge in [0, 0.05) is 9.75 Å². The van der Waals surface area contributed by atoms with E-state index in [2.05, 4.69) is 19.2 Å². The number of aryl methyl sites for hydroxylation is 1. The van der Waals surface area contributed by atoms with E-state index in [4.69, 9.17) is 4.74 Å². The first-order chi connectivity index (χ1) is 7.69. The van der Waals surface area contributed by atoms with Crippen LogP contribution in [-0.2, 0) is 4.74 Å². The number of anilines is 1. The van der Waals surface area contributed by atoms with E-state index in [0.717, 1.165) is 5.69 Å². The number of nitrogens with one attached hydrogen (secondary N) is 1. The van der Waals surface area contributed by atoms with Gasteiger partial charge in [0.15, 0.2) is 0 Å². The molecule has 96 valence electrons. The minimum atomic E-state index is -0.465. The Morgan fingerprint density at radius 1 is 1.41 bits per heavy atom. The molecule has 0 bridgehead atoms. The molecule has 1 aromatic rings. The van der Waals surface area contributed by atoms with Crippen molar-refractivity contribution in [2.75, 3.05) is 5.32 Å². The largest absolute Gasteiger partial charge is 0.444 e. The van der Waals surface area contributed by atoms with E-state index in [-0.39, 0.29) is 0 Å². The van der Waals surface area contributed by atoms with Crippen molar-refractivity contribution in [3.8, 4) is 0 Å². The summed E-state index contributed by atoms with van der Waals surface area (Å²) in [5, 5.41) is 2.82. The topological polar surface area (TPSA) is 38.3 Å². The van der Waals surface area contributed by atoms with Crippen LogP contribution in [0.5, 0.6) is 0 Å². The average Bonchev–Trinajstić information content (AvgIpc) is 2.42. The van der Waals surface area contributed by atoms with Crippen LogP contribution in [0.1, 0.15) is 50.3 Å². The Kier molecular flexibility index (Phi) is 4.20. The van der Waals surface area contributed by atoms with Crippen molar-refractivity contribution < 1.29 is 9.53 Å². The minimum absolute atomic E-state index is 0.391. The van der Waals surface area contributed by atoms with Gasteiger partial charge in [0.1, 0.15) is 5.60 Å². The number of carbonyl (C=O) groups excluding carboxylic acids is 1. The molecule has 0 saturated heterocycles. The first kappa shape index (κ1) is 14.0. The van der Waals surface area contributed by atoms with Crippen LogP contribution in [-0.4, -0.2) is 11.7 Å². The highest BCUT2D eigenvalue weighted by Crippen LogP contribution is 2.33. The van der Waals surface area contributed by atoms with Crippen LogP contribution in [0.3, 0.4) is 0 Å². The highest BCUT2D eigenvalue weighted by Gasteiger charge is 2.18. The number of thiophene rings is 1. The predicted octanol–water partition coefficient (Wildman–Crippen LogP) is 4.53. The van der Waals surface area contributed by atoms with Crippen LogP contribution >= 0.6 is 11.3 Å². The van der Waals surface area contributed by atoms with Gasteiger partial charge in [0.25, 0.3) is 0 Å². The number of hydrogen-bond donors (Lipinski definition) is 1. The maximum Gasteiger partial charge on any atom is 0.412 e. The molecule has 17 heavy (non-hydrogen) atoms. The smallest absolute Gasteiger partial charge is 0.412 e. The summed E-state index contributed by atoms with van der Waals surface area (Å²) >= 11 is 1.71. The molecule has 1 amide bonds. The molecule has 0 aliphatic rings. The minimum Gasteiger partial charge on any atom is -0.444 e. The Bertz CT molecular complexity index is 402. The Morgan fingerprint density at radius 2 is 2.00 bits per heavy atom. The second-order valence-electron chi connectivity index (χ2n) is 5.42. The molecule has 4 heteroatoms. The lowest BCUT2D eigenvalue weighted by Crippen LogP contribution is -2.27. The molecule has 0 fully saturated rings. The number of carbonyl (C=O) groups is 1.